The quantitative estimate of drug-likeness (QED) is 0.796. The number of carboxylic acid groups (broad SMARTS) is 1. The zero-order valence-electron chi connectivity index (χ0n) is 15.5. The van der Waals surface area contributed by atoms with Gasteiger partial charge in [-0.25, -0.2) is 4.39 Å². The van der Waals surface area contributed by atoms with Gasteiger partial charge in [-0.3, -0.25) is 19.4 Å². The maximum Gasteiger partial charge on any atom is 0.317 e. The van der Waals surface area contributed by atoms with Gasteiger partial charge in [-0.05, 0) is 50.6 Å². The molecule has 1 unspecified atom stereocenters. The van der Waals surface area contributed by atoms with Crippen molar-refractivity contribution in [3.05, 3.63) is 35.6 Å². The molecule has 1 saturated heterocycles. The molecule has 1 aromatic carbocycles. The van der Waals surface area contributed by atoms with Crippen molar-refractivity contribution in [2.45, 2.75) is 31.8 Å². The Morgan fingerprint density at radius 2 is 1.88 bits per heavy atom. The lowest BCUT2D eigenvalue weighted by Gasteiger charge is -2.26. The Kier molecular flexibility index (Phi) is 7.53. The van der Waals surface area contributed by atoms with Crippen LogP contribution in [0.3, 0.4) is 0 Å². The molecule has 1 fully saturated rings. The molecule has 6 nitrogen and oxygen atoms in total. The highest BCUT2D eigenvalue weighted by molar-refractivity contribution is 5.78. The number of hydrogen-bond donors (Lipinski definition) is 1. The Hall–Kier alpha value is -1.99. The van der Waals surface area contributed by atoms with Gasteiger partial charge in [0.25, 0.3) is 0 Å². The maximum absolute atomic E-state index is 13.0. The minimum Gasteiger partial charge on any atom is -0.480 e. The van der Waals surface area contributed by atoms with Gasteiger partial charge in [0.15, 0.2) is 0 Å². The predicted octanol–water partition coefficient (Wildman–Crippen LogP) is 1.66. The highest BCUT2D eigenvalue weighted by Crippen LogP contribution is 2.16. The molecule has 0 bridgehead atoms. The van der Waals surface area contributed by atoms with E-state index < -0.39 is 5.97 Å². The van der Waals surface area contributed by atoms with Crippen LogP contribution in [0.4, 0.5) is 4.39 Å². The van der Waals surface area contributed by atoms with E-state index in [1.165, 1.54) is 12.1 Å². The summed E-state index contributed by atoms with van der Waals surface area (Å²) in [5.74, 6) is -1.06. The predicted molar refractivity (Wildman–Crippen MR) is 97.2 cm³/mol. The van der Waals surface area contributed by atoms with Gasteiger partial charge in [0, 0.05) is 26.2 Å². The molecule has 0 saturated carbocycles. The molecule has 0 radical (unpaired) electrons. The summed E-state index contributed by atoms with van der Waals surface area (Å²) in [6.45, 7) is 2.48. The van der Waals surface area contributed by atoms with Gasteiger partial charge in [0.1, 0.15) is 5.82 Å². The lowest BCUT2D eigenvalue weighted by atomic mass is 10.1. The molecule has 26 heavy (non-hydrogen) atoms. The highest BCUT2D eigenvalue weighted by atomic mass is 19.1. The first-order valence-electron chi connectivity index (χ1n) is 8.98. The van der Waals surface area contributed by atoms with E-state index in [4.69, 9.17) is 5.11 Å². The molecule has 1 atom stereocenters. The summed E-state index contributed by atoms with van der Waals surface area (Å²) in [5, 5.41) is 8.93. The van der Waals surface area contributed by atoms with E-state index in [0.717, 1.165) is 37.9 Å². The normalized spacial score (nSPS) is 18.5. The molecule has 1 aliphatic rings. The van der Waals surface area contributed by atoms with Crippen LogP contribution in [0.1, 0.15) is 24.8 Å². The van der Waals surface area contributed by atoms with E-state index >= 15 is 0 Å². The van der Waals surface area contributed by atoms with Crippen LogP contribution in [0.2, 0.25) is 0 Å². The van der Waals surface area contributed by atoms with Crippen molar-refractivity contribution in [2.75, 3.05) is 40.3 Å². The van der Waals surface area contributed by atoms with Crippen molar-refractivity contribution in [1.29, 1.82) is 0 Å². The third-order valence-electron chi connectivity index (χ3n) is 4.92. The maximum atomic E-state index is 13.0. The largest absolute Gasteiger partial charge is 0.480 e. The molecule has 1 aliphatic heterocycles. The standard InChI is InChI=1S/C19H28FN3O3/c1-21(14-19(25)26)17-4-3-10-23(11-9-17)13-18(24)22(2)12-15-5-7-16(20)8-6-15/h5-8,17H,3-4,9-14H2,1-2H3,(H,25,26). The SMILES string of the molecule is CN(Cc1ccc(F)cc1)C(=O)CN1CCCC(N(C)CC(=O)O)CC1. The summed E-state index contributed by atoms with van der Waals surface area (Å²) in [6.07, 6.45) is 2.75. The smallest absolute Gasteiger partial charge is 0.317 e. The molecular weight excluding hydrogens is 337 g/mol. The fourth-order valence-electron chi connectivity index (χ4n) is 3.34. The number of halogens is 1. The van der Waals surface area contributed by atoms with E-state index in [1.54, 1.807) is 24.1 Å². The van der Waals surface area contributed by atoms with Crippen LogP contribution in [0.25, 0.3) is 0 Å². The average Bonchev–Trinajstić information content (AvgIpc) is 2.82. The lowest BCUT2D eigenvalue weighted by Crippen LogP contribution is -2.39. The number of benzene rings is 1. The molecule has 0 aromatic heterocycles. The number of rotatable bonds is 7. The van der Waals surface area contributed by atoms with Crippen molar-refractivity contribution in [3.8, 4) is 0 Å². The van der Waals surface area contributed by atoms with Gasteiger partial charge in [0.2, 0.25) is 5.91 Å². The number of carboxylic acids is 1. The zero-order chi connectivity index (χ0) is 19.1. The second-order valence-corrected chi connectivity index (χ2v) is 7.05. The first-order valence-corrected chi connectivity index (χ1v) is 8.98. The van der Waals surface area contributed by atoms with E-state index in [2.05, 4.69) is 4.90 Å². The summed E-state index contributed by atoms with van der Waals surface area (Å²) < 4.78 is 13.0. The van der Waals surface area contributed by atoms with Crippen LogP contribution < -0.4 is 0 Å². The number of likely N-dealkylation sites (tertiary alicyclic amines) is 1. The number of amides is 1. The number of aliphatic carboxylic acids is 1. The second kappa shape index (κ2) is 9.64. The fourth-order valence-corrected chi connectivity index (χ4v) is 3.34. The molecule has 1 N–H and O–H groups in total. The number of likely N-dealkylation sites (N-methyl/N-ethyl adjacent to an activating group) is 2. The molecule has 0 aliphatic carbocycles. The summed E-state index contributed by atoms with van der Waals surface area (Å²) in [5.41, 5.74) is 0.897. The minimum atomic E-state index is -0.814. The molecule has 2 rings (SSSR count). The topological polar surface area (TPSA) is 64.1 Å². The summed E-state index contributed by atoms with van der Waals surface area (Å²) in [4.78, 5) is 29.0. The van der Waals surface area contributed by atoms with Crippen LogP contribution in [-0.4, -0.2) is 78.0 Å². The molecule has 1 aromatic rings. The molecular formula is C19H28FN3O3. The van der Waals surface area contributed by atoms with Crippen molar-refractivity contribution < 1.29 is 19.1 Å². The van der Waals surface area contributed by atoms with Crippen molar-refractivity contribution in [2.24, 2.45) is 0 Å². The van der Waals surface area contributed by atoms with E-state index in [1.807, 2.05) is 11.9 Å². The molecule has 0 spiro atoms. The Bertz CT molecular complexity index is 609. The van der Waals surface area contributed by atoms with E-state index in [0.29, 0.717) is 13.1 Å². The lowest BCUT2D eigenvalue weighted by molar-refractivity contribution is -0.138. The average molecular weight is 365 g/mol. The highest BCUT2D eigenvalue weighted by Gasteiger charge is 2.23. The summed E-state index contributed by atoms with van der Waals surface area (Å²) in [7, 11) is 3.60. The van der Waals surface area contributed by atoms with Gasteiger partial charge in [0.05, 0.1) is 13.1 Å². The zero-order valence-corrected chi connectivity index (χ0v) is 15.5. The second-order valence-electron chi connectivity index (χ2n) is 7.05. The fraction of sp³-hybridized carbons (Fsp3) is 0.579. The van der Waals surface area contributed by atoms with Gasteiger partial charge < -0.3 is 10.0 Å². The van der Waals surface area contributed by atoms with Crippen LogP contribution in [0.5, 0.6) is 0 Å². The third kappa shape index (κ3) is 6.38. The van der Waals surface area contributed by atoms with Crippen LogP contribution in [0.15, 0.2) is 24.3 Å². The third-order valence-corrected chi connectivity index (χ3v) is 4.92. The van der Waals surface area contributed by atoms with Gasteiger partial charge in [-0.15, -0.1) is 0 Å². The van der Waals surface area contributed by atoms with Gasteiger partial charge in [-0.2, -0.15) is 0 Å². The van der Waals surface area contributed by atoms with Crippen molar-refractivity contribution in [1.82, 2.24) is 14.7 Å². The molecule has 1 heterocycles. The van der Waals surface area contributed by atoms with Crippen LogP contribution in [-0.2, 0) is 16.1 Å². The minimum absolute atomic E-state index is 0.0339. The number of nitrogens with zero attached hydrogens (tertiary/aromatic N) is 3. The van der Waals surface area contributed by atoms with E-state index in [9.17, 15) is 14.0 Å². The Balaban J connectivity index is 1.81. The Labute approximate surface area is 154 Å². The molecule has 144 valence electrons. The number of carbonyl (C=O) groups is 2. The first kappa shape index (κ1) is 20.3. The van der Waals surface area contributed by atoms with Crippen LogP contribution >= 0.6 is 0 Å². The summed E-state index contributed by atoms with van der Waals surface area (Å²) in [6, 6.07) is 6.41. The van der Waals surface area contributed by atoms with Crippen molar-refractivity contribution >= 4 is 11.9 Å². The molecule has 1 amide bonds. The number of carbonyl (C=O) groups excluding carboxylic acids is 1. The first-order chi connectivity index (χ1) is 12.3. The Morgan fingerprint density at radius 1 is 1.19 bits per heavy atom. The summed E-state index contributed by atoms with van der Waals surface area (Å²) >= 11 is 0. The van der Waals surface area contributed by atoms with Crippen LogP contribution in [0, 0.1) is 5.82 Å². The Morgan fingerprint density at radius 3 is 2.54 bits per heavy atom. The molecule has 7 heteroatoms. The van der Waals surface area contributed by atoms with E-state index in [-0.39, 0.29) is 24.3 Å². The number of hydrogen-bond acceptors (Lipinski definition) is 4. The van der Waals surface area contributed by atoms with Gasteiger partial charge >= 0.3 is 5.97 Å². The monoisotopic (exact) mass is 365 g/mol. The van der Waals surface area contributed by atoms with Gasteiger partial charge in [-0.1, -0.05) is 12.1 Å². The van der Waals surface area contributed by atoms with Crippen molar-refractivity contribution in [3.63, 3.8) is 0 Å².